The fourth-order valence-corrected chi connectivity index (χ4v) is 4.91. The van der Waals surface area contributed by atoms with E-state index in [-0.39, 0.29) is 5.97 Å². The predicted molar refractivity (Wildman–Crippen MR) is 144 cm³/mol. The van der Waals surface area contributed by atoms with Crippen LogP contribution in [0.1, 0.15) is 67.1 Å². The number of aromatic nitrogens is 2. The lowest BCUT2D eigenvalue weighted by Gasteiger charge is -2.13. The minimum absolute atomic E-state index is 0.344. The summed E-state index contributed by atoms with van der Waals surface area (Å²) >= 11 is 1.66. The maximum atomic E-state index is 11.7. The fraction of sp³-hybridized carbons (Fsp3) is 0.393. The molecule has 0 fully saturated rings. The Morgan fingerprint density at radius 2 is 1.63 bits per heavy atom. The Morgan fingerprint density at radius 1 is 1.08 bits per heavy atom. The van der Waals surface area contributed by atoms with Gasteiger partial charge >= 0.3 is 12.1 Å². The highest BCUT2D eigenvalue weighted by molar-refractivity contribution is 7.99. The van der Waals surface area contributed by atoms with Gasteiger partial charge in [-0.3, -0.25) is 0 Å². The van der Waals surface area contributed by atoms with Gasteiger partial charge in [0, 0.05) is 11.7 Å². The molecule has 6 nitrogen and oxygen atoms in total. The number of carbonyl (C=O) groups excluding carboxylic acids is 2. The van der Waals surface area contributed by atoms with Crippen LogP contribution < -0.4 is 5.73 Å². The van der Waals surface area contributed by atoms with Gasteiger partial charge in [-0.1, -0.05) is 73.1 Å². The van der Waals surface area contributed by atoms with E-state index in [0.717, 1.165) is 23.6 Å². The number of nitrogens with zero attached hydrogens (tertiary/aromatic N) is 1. The van der Waals surface area contributed by atoms with Crippen molar-refractivity contribution in [3.05, 3.63) is 71.5 Å². The molecule has 0 amide bonds. The Bertz CT molecular complexity index is 1110. The molecule has 1 heterocycles. The number of hydrogen-bond acceptors (Lipinski definition) is 6. The van der Waals surface area contributed by atoms with Crippen LogP contribution in [0.4, 0.5) is 13.2 Å². The molecular formula is C28H34F3N3O3S. The minimum atomic E-state index is -4.18. The number of esters is 1. The van der Waals surface area contributed by atoms with Crippen molar-refractivity contribution in [2.24, 2.45) is 5.73 Å². The van der Waals surface area contributed by atoms with E-state index >= 15 is 0 Å². The molecule has 1 aliphatic rings. The van der Waals surface area contributed by atoms with Crippen molar-refractivity contribution in [3.8, 4) is 11.1 Å². The lowest BCUT2D eigenvalue weighted by atomic mass is 9.91. The molecule has 1 aliphatic carbocycles. The lowest BCUT2D eigenvalue weighted by molar-refractivity contribution is -0.118. The zero-order valence-electron chi connectivity index (χ0n) is 21.6. The van der Waals surface area contributed by atoms with Crippen LogP contribution in [0.2, 0.25) is 0 Å². The van der Waals surface area contributed by atoms with Crippen molar-refractivity contribution < 1.29 is 27.5 Å². The molecular weight excluding hydrogens is 515 g/mol. The summed E-state index contributed by atoms with van der Waals surface area (Å²) in [7, 11) is 0. The molecule has 2 aromatic carbocycles. The van der Waals surface area contributed by atoms with E-state index in [4.69, 9.17) is 9.53 Å². The van der Waals surface area contributed by atoms with E-state index in [1.807, 2.05) is 0 Å². The maximum Gasteiger partial charge on any atom is 0.400 e. The van der Waals surface area contributed by atoms with Crippen LogP contribution in [-0.4, -0.2) is 47.3 Å². The minimum Gasteiger partial charge on any atom is -0.461 e. The Kier molecular flexibility index (Phi) is 13.1. The third-order valence-electron chi connectivity index (χ3n) is 5.62. The highest BCUT2D eigenvalue weighted by Gasteiger charge is 2.27. The van der Waals surface area contributed by atoms with Crippen LogP contribution in [0.5, 0.6) is 0 Å². The molecule has 0 saturated carbocycles. The number of nitrogens with two attached hydrogens (primary N) is 1. The molecule has 0 bridgehead atoms. The molecule has 206 valence electrons. The Labute approximate surface area is 225 Å². The summed E-state index contributed by atoms with van der Waals surface area (Å²) in [6.45, 7) is 2.38. The number of unbranched alkanes of at least 4 members (excludes halogenated alkanes) is 2. The first-order chi connectivity index (χ1) is 18.3. The van der Waals surface area contributed by atoms with Crippen molar-refractivity contribution >= 4 is 24.0 Å². The van der Waals surface area contributed by atoms with Crippen molar-refractivity contribution in [1.29, 1.82) is 0 Å². The van der Waals surface area contributed by atoms with Crippen LogP contribution in [0.15, 0.2) is 59.9 Å². The largest absolute Gasteiger partial charge is 0.461 e. The second-order valence-electron chi connectivity index (χ2n) is 8.30. The third kappa shape index (κ3) is 9.64. The zero-order valence-corrected chi connectivity index (χ0v) is 22.4. The van der Waals surface area contributed by atoms with Gasteiger partial charge in [0.1, 0.15) is 12.0 Å². The number of hydrogen-bond donors (Lipinski definition) is 2. The molecule has 0 saturated heterocycles. The van der Waals surface area contributed by atoms with E-state index in [2.05, 4.69) is 64.2 Å². The van der Waals surface area contributed by atoms with Crippen molar-refractivity contribution in [1.82, 2.24) is 9.97 Å². The molecule has 0 atom stereocenters. The number of aldehydes is 1. The van der Waals surface area contributed by atoms with Crippen LogP contribution in [0.25, 0.3) is 11.1 Å². The molecule has 1 aromatic heterocycles. The summed E-state index contributed by atoms with van der Waals surface area (Å²) < 4.78 is 37.0. The summed E-state index contributed by atoms with van der Waals surface area (Å²) in [6, 6.07) is 17.7. The average Bonchev–Trinajstić information content (AvgIpc) is 3.50. The van der Waals surface area contributed by atoms with Crippen molar-refractivity contribution in [3.63, 3.8) is 0 Å². The Morgan fingerprint density at radius 3 is 2.16 bits per heavy atom. The smallest absolute Gasteiger partial charge is 0.400 e. The predicted octanol–water partition coefficient (Wildman–Crippen LogP) is 6.76. The van der Waals surface area contributed by atoms with E-state index in [1.54, 1.807) is 24.9 Å². The molecule has 38 heavy (non-hydrogen) atoms. The van der Waals surface area contributed by atoms with E-state index < -0.39 is 12.7 Å². The highest BCUT2D eigenvalue weighted by atomic mass is 32.2. The number of carbonyl (C=O) groups is 2. The summed E-state index contributed by atoms with van der Waals surface area (Å²) in [4.78, 5) is 27.8. The second kappa shape index (κ2) is 16.0. The quantitative estimate of drug-likeness (QED) is 0.132. The van der Waals surface area contributed by atoms with E-state index in [9.17, 15) is 18.0 Å². The Hall–Kier alpha value is -3.11. The molecule has 10 heteroatoms. The standard InChI is InChI=1S/C24H26N2O2S.C2H4F3N.C2H4O/c1-2-28-23(27)22-16-25-24(26-22)29-15-9-3-4-10-17-18-11-5-7-13-20(18)21-14-8-6-12-19(17)21;3-2(4,5)1-6;1-2-3/h5-8,11-14,16-17H,2-4,9-10,15H2,1H3,(H,25,26);1,6H2;2H,1H3. The third-order valence-corrected chi connectivity index (χ3v) is 6.59. The van der Waals surface area contributed by atoms with E-state index in [0.29, 0.717) is 18.2 Å². The Balaban J connectivity index is 0.000000490. The lowest BCUT2D eigenvalue weighted by Crippen LogP contribution is -2.21. The molecule has 0 unspecified atom stereocenters. The normalized spacial score (nSPS) is 11.8. The number of imidazole rings is 1. The number of ether oxygens (including phenoxy) is 1. The number of H-pyrrole nitrogens is 1. The number of alkyl halides is 3. The highest BCUT2D eigenvalue weighted by Crippen LogP contribution is 2.46. The summed E-state index contributed by atoms with van der Waals surface area (Å²) in [5.74, 6) is 1.17. The number of rotatable bonds is 9. The van der Waals surface area contributed by atoms with Crippen LogP contribution in [0.3, 0.4) is 0 Å². The van der Waals surface area contributed by atoms with Crippen LogP contribution in [0, 0.1) is 0 Å². The summed E-state index contributed by atoms with van der Waals surface area (Å²) in [6.07, 6.45) is 2.84. The summed E-state index contributed by atoms with van der Waals surface area (Å²) in [5.41, 5.74) is 10.4. The van der Waals surface area contributed by atoms with Gasteiger partial charge in [-0.25, -0.2) is 9.78 Å². The van der Waals surface area contributed by atoms with Gasteiger partial charge in [-0.05, 0) is 48.9 Å². The van der Waals surface area contributed by atoms with Crippen molar-refractivity contribution in [2.75, 3.05) is 18.9 Å². The SMILES string of the molecule is CC=O.CCOC(=O)c1cnc(SCCCCCC2c3ccccc3-c3ccccc32)[nH]1.NCC(F)(F)F. The van der Waals surface area contributed by atoms with Gasteiger partial charge < -0.3 is 20.2 Å². The van der Waals surface area contributed by atoms with Gasteiger partial charge in [0.15, 0.2) is 5.16 Å². The summed E-state index contributed by atoms with van der Waals surface area (Å²) in [5, 5.41) is 0.784. The number of benzene rings is 2. The number of halogens is 3. The molecule has 3 N–H and O–H groups in total. The first-order valence-electron chi connectivity index (χ1n) is 12.4. The molecule has 0 aliphatic heterocycles. The van der Waals surface area contributed by atoms with Crippen LogP contribution >= 0.6 is 11.8 Å². The zero-order chi connectivity index (χ0) is 28.0. The first-order valence-corrected chi connectivity index (χ1v) is 13.4. The maximum absolute atomic E-state index is 11.7. The van der Waals surface area contributed by atoms with Gasteiger partial charge in [0.05, 0.1) is 19.3 Å². The molecule has 0 radical (unpaired) electrons. The second-order valence-corrected chi connectivity index (χ2v) is 9.39. The molecule has 0 spiro atoms. The first kappa shape index (κ1) is 31.1. The number of fused-ring (bicyclic) bond motifs is 3. The molecule has 4 rings (SSSR count). The van der Waals surface area contributed by atoms with Gasteiger partial charge in [-0.15, -0.1) is 0 Å². The topological polar surface area (TPSA) is 98.1 Å². The number of thioether (sulfide) groups is 1. The monoisotopic (exact) mass is 549 g/mol. The van der Waals surface area contributed by atoms with Crippen LogP contribution in [-0.2, 0) is 9.53 Å². The van der Waals surface area contributed by atoms with Gasteiger partial charge in [0.2, 0.25) is 0 Å². The average molecular weight is 550 g/mol. The fourth-order valence-electron chi connectivity index (χ4n) is 4.06. The van der Waals surface area contributed by atoms with Crippen molar-refractivity contribution in [2.45, 2.75) is 56.8 Å². The van der Waals surface area contributed by atoms with Gasteiger partial charge in [-0.2, -0.15) is 13.2 Å². The van der Waals surface area contributed by atoms with E-state index in [1.165, 1.54) is 48.4 Å². The number of aromatic amines is 1. The van der Waals surface area contributed by atoms with Gasteiger partial charge in [0.25, 0.3) is 0 Å². The molecule has 3 aromatic rings. The number of nitrogens with one attached hydrogen (secondary N) is 1.